The fraction of sp³-hybridized carbons (Fsp3) is 0.895. The van der Waals surface area contributed by atoms with Crippen molar-refractivity contribution in [2.45, 2.75) is 55.9 Å². The van der Waals surface area contributed by atoms with E-state index >= 15 is 0 Å². The van der Waals surface area contributed by atoms with Crippen molar-refractivity contribution in [1.29, 1.82) is 0 Å². The van der Waals surface area contributed by atoms with Crippen molar-refractivity contribution in [3.05, 3.63) is 0 Å². The van der Waals surface area contributed by atoms with Crippen LogP contribution >= 0.6 is 0 Å². The van der Waals surface area contributed by atoms with Crippen LogP contribution in [0.25, 0.3) is 0 Å². The van der Waals surface area contributed by atoms with E-state index in [1.54, 1.807) is 0 Å². The number of halogens is 1. The number of imide groups is 1. The molecule has 2 saturated heterocycles. The molecule has 2 aliphatic carbocycles. The lowest BCUT2D eigenvalue weighted by Gasteiger charge is -2.48. The van der Waals surface area contributed by atoms with Gasteiger partial charge in [0, 0.05) is 44.2 Å². The van der Waals surface area contributed by atoms with Crippen molar-refractivity contribution in [1.82, 2.24) is 25.0 Å². The van der Waals surface area contributed by atoms with Crippen LogP contribution in [0, 0.1) is 11.8 Å². The summed E-state index contributed by atoms with van der Waals surface area (Å²) in [4.78, 5) is 29.0. The second-order valence-corrected chi connectivity index (χ2v) is 11.5. The molecule has 0 radical (unpaired) electrons. The zero-order chi connectivity index (χ0) is 21.7. The highest BCUT2D eigenvalue weighted by Crippen LogP contribution is 2.40. The summed E-state index contributed by atoms with van der Waals surface area (Å²) in [6.07, 6.45) is 2.57. The summed E-state index contributed by atoms with van der Waals surface area (Å²) >= 11 is 0. The highest BCUT2D eigenvalue weighted by molar-refractivity contribution is 7.90. The summed E-state index contributed by atoms with van der Waals surface area (Å²) in [7, 11) is -1.66. The Kier molecular flexibility index (Phi) is 5.84. The first-order valence-electron chi connectivity index (χ1n) is 10.8. The molecular weight excluding hydrogens is 413 g/mol. The van der Waals surface area contributed by atoms with Crippen molar-refractivity contribution < 1.29 is 22.4 Å². The molecule has 11 heteroatoms. The predicted molar refractivity (Wildman–Crippen MR) is 109 cm³/mol. The predicted octanol–water partition coefficient (Wildman–Crippen LogP) is 0.296. The van der Waals surface area contributed by atoms with E-state index in [1.807, 2.05) is 19.0 Å². The molecule has 170 valence electrons. The van der Waals surface area contributed by atoms with Crippen LogP contribution in [0.15, 0.2) is 0 Å². The van der Waals surface area contributed by atoms with Crippen LogP contribution in [0.1, 0.15) is 39.0 Å². The maximum atomic E-state index is 13.3. The summed E-state index contributed by atoms with van der Waals surface area (Å²) in [5.41, 5.74) is 2.79. The summed E-state index contributed by atoms with van der Waals surface area (Å²) in [5.74, 6) is -0.831. The average Bonchev–Trinajstić information content (AvgIpc) is 3.26. The molecule has 30 heavy (non-hydrogen) atoms. The van der Waals surface area contributed by atoms with E-state index in [-0.39, 0.29) is 36.9 Å². The normalized spacial score (nSPS) is 34.4. The molecule has 2 heterocycles. The van der Waals surface area contributed by atoms with Crippen molar-refractivity contribution in [2.75, 3.05) is 39.9 Å². The molecule has 4 unspecified atom stereocenters. The number of amides is 3. The van der Waals surface area contributed by atoms with E-state index in [2.05, 4.69) is 10.1 Å². The van der Waals surface area contributed by atoms with Crippen LogP contribution in [0.4, 0.5) is 9.18 Å². The molecular formula is C19H32FN5O4S. The first-order valence-corrected chi connectivity index (χ1v) is 12.3. The second kappa shape index (κ2) is 7.99. The number of urea groups is 1. The number of rotatable bonds is 7. The minimum absolute atomic E-state index is 0.0691. The molecule has 0 aromatic rings. The van der Waals surface area contributed by atoms with Gasteiger partial charge in [-0.2, -0.15) is 0 Å². The van der Waals surface area contributed by atoms with E-state index in [9.17, 15) is 22.4 Å². The summed E-state index contributed by atoms with van der Waals surface area (Å²) < 4.78 is 41.8. The van der Waals surface area contributed by atoms with Crippen molar-refractivity contribution in [2.24, 2.45) is 11.8 Å². The van der Waals surface area contributed by atoms with Crippen LogP contribution in [0.2, 0.25) is 0 Å². The number of hydrogen-bond donors (Lipinski definition) is 2. The number of hydrogen-bond acceptors (Lipinski definition) is 6. The molecule has 0 spiro atoms. The molecule has 4 aliphatic rings. The quantitative estimate of drug-likeness (QED) is 0.584. The van der Waals surface area contributed by atoms with Crippen LogP contribution in [-0.2, 0) is 14.8 Å². The van der Waals surface area contributed by atoms with E-state index in [1.165, 1.54) is 9.80 Å². The largest absolute Gasteiger partial charge is 0.327 e. The van der Waals surface area contributed by atoms with E-state index in [0.717, 1.165) is 12.8 Å². The SMILES string of the molecule is CN1CC(CN2C(=O)C3CC(S(=O)(=O)NC4(C)CC4)CCC3N(CCF)C2=O)CN1. The Morgan fingerprint density at radius 1 is 1.27 bits per heavy atom. The van der Waals surface area contributed by atoms with Crippen molar-refractivity contribution in [3.63, 3.8) is 0 Å². The van der Waals surface area contributed by atoms with Gasteiger partial charge in [-0.1, -0.05) is 0 Å². The molecule has 0 aromatic carbocycles. The van der Waals surface area contributed by atoms with Gasteiger partial charge in [0.25, 0.3) is 0 Å². The fourth-order valence-corrected chi connectivity index (χ4v) is 7.01. The third-order valence-electron chi connectivity index (χ3n) is 7.00. The maximum absolute atomic E-state index is 13.3. The van der Waals surface area contributed by atoms with Crippen LogP contribution < -0.4 is 10.1 Å². The minimum atomic E-state index is -3.56. The Bertz CT molecular complexity index is 805. The van der Waals surface area contributed by atoms with Gasteiger partial charge in [0.1, 0.15) is 6.67 Å². The zero-order valence-corrected chi connectivity index (χ0v) is 18.5. The van der Waals surface area contributed by atoms with E-state index in [4.69, 9.17) is 0 Å². The molecule has 4 fully saturated rings. The number of carbonyl (C=O) groups is 2. The summed E-state index contributed by atoms with van der Waals surface area (Å²) in [6.45, 7) is 2.75. The lowest BCUT2D eigenvalue weighted by molar-refractivity contribution is -0.141. The first kappa shape index (κ1) is 21.9. The molecule has 4 atom stereocenters. The monoisotopic (exact) mass is 445 g/mol. The number of alkyl halides is 1. The number of carbonyl (C=O) groups excluding carboxylic acids is 2. The lowest BCUT2D eigenvalue weighted by atomic mass is 9.80. The highest BCUT2D eigenvalue weighted by Gasteiger charge is 2.52. The van der Waals surface area contributed by atoms with Gasteiger partial charge in [-0.25, -0.2) is 27.3 Å². The minimum Gasteiger partial charge on any atom is -0.318 e. The number of nitrogens with one attached hydrogen (secondary N) is 2. The van der Waals surface area contributed by atoms with Gasteiger partial charge in [-0.15, -0.1) is 0 Å². The van der Waals surface area contributed by atoms with Crippen molar-refractivity contribution >= 4 is 22.0 Å². The second-order valence-electron chi connectivity index (χ2n) is 9.54. The highest BCUT2D eigenvalue weighted by atomic mass is 32.2. The van der Waals surface area contributed by atoms with Gasteiger partial charge in [-0.3, -0.25) is 15.1 Å². The van der Waals surface area contributed by atoms with Gasteiger partial charge < -0.3 is 4.90 Å². The number of sulfonamides is 1. The van der Waals surface area contributed by atoms with Crippen LogP contribution in [-0.4, -0.2) is 91.9 Å². The standard InChI is InChI=1S/C19H32FN5O4S/c1-19(5-6-19)22-30(28,29)14-3-4-16-15(9-14)17(26)25(18(27)24(16)8-7-20)12-13-10-21-23(2)11-13/h13-16,21-22H,3-12H2,1-2H3. The molecule has 0 bridgehead atoms. The number of nitrogens with zero attached hydrogens (tertiary/aromatic N) is 3. The van der Waals surface area contributed by atoms with Gasteiger partial charge in [0.15, 0.2) is 0 Å². The Morgan fingerprint density at radius 3 is 2.60 bits per heavy atom. The number of hydrazine groups is 1. The Labute approximate surface area is 177 Å². The maximum Gasteiger partial charge on any atom is 0.327 e. The zero-order valence-electron chi connectivity index (χ0n) is 17.6. The molecule has 9 nitrogen and oxygen atoms in total. The van der Waals surface area contributed by atoms with Gasteiger partial charge >= 0.3 is 6.03 Å². The van der Waals surface area contributed by atoms with Gasteiger partial charge in [-0.05, 0) is 39.0 Å². The third-order valence-corrected chi connectivity index (χ3v) is 9.08. The number of fused-ring (bicyclic) bond motifs is 1. The molecule has 0 aromatic heterocycles. The Morgan fingerprint density at radius 2 is 2.00 bits per heavy atom. The van der Waals surface area contributed by atoms with E-state index < -0.39 is 39.9 Å². The lowest BCUT2D eigenvalue weighted by Crippen LogP contribution is -2.65. The Hall–Kier alpha value is -1.30. The summed E-state index contributed by atoms with van der Waals surface area (Å²) in [5, 5.41) is 1.25. The van der Waals surface area contributed by atoms with Crippen molar-refractivity contribution in [3.8, 4) is 0 Å². The molecule has 3 amide bonds. The fourth-order valence-electron chi connectivity index (χ4n) is 5.05. The van der Waals surface area contributed by atoms with E-state index in [0.29, 0.717) is 25.9 Å². The smallest absolute Gasteiger partial charge is 0.318 e. The van der Waals surface area contributed by atoms with Crippen LogP contribution in [0.3, 0.4) is 0 Å². The first-order chi connectivity index (χ1) is 14.1. The Balaban J connectivity index is 1.52. The van der Waals surface area contributed by atoms with Gasteiger partial charge in [0.05, 0.1) is 17.7 Å². The average molecular weight is 446 g/mol. The molecule has 2 N–H and O–H groups in total. The topological polar surface area (TPSA) is 102 Å². The molecule has 2 aliphatic heterocycles. The summed E-state index contributed by atoms with van der Waals surface area (Å²) in [6, 6.07) is -0.872. The van der Waals surface area contributed by atoms with Gasteiger partial charge in [0.2, 0.25) is 15.9 Å². The van der Waals surface area contributed by atoms with Crippen LogP contribution in [0.5, 0.6) is 0 Å². The molecule has 4 rings (SSSR count). The third kappa shape index (κ3) is 4.21. The molecule has 2 saturated carbocycles.